The first-order valence-electron chi connectivity index (χ1n) is 8.66. The summed E-state index contributed by atoms with van der Waals surface area (Å²) in [5.74, 6) is -0.351. The average Bonchev–Trinajstić information content (AvgIpc) is 3.22. The van der Waals surface area contributed by atoms with Gasteiger partial charge in [-0.25, -0.2) is 9.79 Å². The number of thioether (sulfide) groups is 1. The number of hydrogen-bond donors (Lipinski definition) is 2. The van der Waals surface area contributed by atoms with Gasteiger partial charge in [-0.3, -0.25) is 9.80 Å². The fraction of sp³-hybridized carbons (Fsp3) is 0.150. The molecule has 7 nitrogen and oxygen atoms in total. The molecule has 2 aromatic carbocycles. The van der Waals surface area contributed by atoms with Gasteiger partial charge < -0.3 is 15.5 Å². The van der Waals surface area contributed by atoms with Gasteiger partial charge in [-0.05, 0) is 36.4 Å². The lowest BCUT2D eigenvalue weighted by atomic mass is 10.0. The molecule has 1 atom stereocenters. The number of amidine groups is 1. The summed E-state index contributed by atoms with van der Waals surface area (Å²) >= 11 is 1.36. The first-order chi connectivity index (χ1) is 13.7. The number of nitrogens with one attached hydrogen (secondary N) is 2. The van der Waals surface area contributed by atoms with E-state index in [9.17, 15) is 9.59 Å². The molecular weight excluding hydrogens is 376 g/mol. The summed E-state index contributed by atoms with van der Waals surface area (Å²) in [7, 11) is 1.33. The third-order valence-corrected chi connectivity index (χ3v) is 5.32. The van der Waals surface area contributed by atoms with Crippen LogP contribution in [0, 0.1) is 0 Å². The normalized spacial score (nSPS) is 16.5. The molecule has 142 valence electrons. The maximum Gasteiger partial charge on any atom is 0.337 e. The molecule has 8 heteroatoms. The lowest BCUT2D eigenvalue weighted by molar-refractivity contribution is -0.113. The van der Waals surface area contributed by atoms with Crippen LogP contribution in [0.4, 0.5) is 11.4 Å². The number of fused-ring (bicyclic) bond motifs is 3. The molecule has 2 aromatic rings. The summed E-state index contributed by atoms with van der Waals surface area (Å²) in [6.45, 7) is 0. The number of hydrogen-bond acceptors (Lipinski definition) is 7. The van der Waals surface area contributed by atoms with Crippen LogP contribution in [0.2, 0.25) is 0 Å². The summed E-state index contributed by atoms with van der Waals surface area (Å²) in [6, 6.07) is 14.6. The van der Waals surface area contributed by atoms with E-state index in [-0.39, 0.29) is 17.7 Å². The molecule has 28 heavy (non-hydrogen) atoms. The molecule has 0 radical (unpaired) electrons. The molecule has 2 aliphatic heterocycles. The van der Waals surface area contributed by atoms with E-state index in [1.807, 2.05) is 29.4 Å². The molecule has 0 saturated carbocycles. The molecule has 0 bridgehead atoms. The van der Waals surface area contributed by atoms with Crippen LogP contribution in [0.5, 0.6) is 0 Å². The fourth-order valence-electron chi connectivity index (χ4n) is 3.03. The second kappa shape index (κ2) is 7.77. The van der Waals surface area contributed by atoms with Gasteiger partial charge in [0.1, 0.15) is 0 Å². The van der Waals surface area contributed by atoms with E-state index in [2.05, 4.69) is 32.6 Å². The van der Waals surface area contributed by atoms with Gasteiger partial charge in [-0.2, -0.15) is 0 Å². The second-order valence-electron chi connectivity index (χ2n) is 6.16. The van der Waals surface area contributed by atoms with E-state index < -0.39 is 5.97 Å². The van der Waals surface area contributed by atoms with E-state index >= 15 is 0 Å². The average molecular weight is 394 g/mol. The van der Waals surface area contributed by atoms with Gasteiger partial charge in [0, 0.05) is 17.5 Å². The van der Waals surface area contributed by atoms with Crippen molar-refractivity contribution in [2.24, 2.45) is 4.99 Å². The molecule has 2 N–H and O–H groups in total. The third kappa shape index (κ3) is 3.59. The monoisotopic (exact) mass is 394 g/mol. The first-order valence-corrected chi connectivity index (χ1v) is 9.65. The van der Waals surface area contributed by atoms with Crippen LogP contribution in [-0.2, 0) is 9.53 Å². The number of anilines is 1. The lowest BCUT2D eigenvalue weighted by Gasteiger charge is -2.31. The van der Waals surface area contributed by atoms with Gasteiger partial charge in [0.05, 0.1) is 30.2 Å². The smallest absolute Gasteiger partial charge is 0.337 e. The number of esters is 1. The van der Waals surface area contributed by atoms with Crippen molar-refractivity contribution in [2.75, 3.05) is 18.2 Å². The molecule has 0 aromatic heterocycles. The Morgan fingerprint density at radius 3 is 2.79 bits per heavy atom. The van der Waals surface area contributed by atoms with Crippen LogP contribution in [0.25, 0.3) is 0 Å². The number of rotatable bonds is 4. The van der Waals surface area contributed by atoms with Crippen molar-refractivity contribution in [3.05, 3.63) is 71.9 Å². The molecule has 0 unspecified atom stereocenters. The number of nitrogens with zero attached hydrogens (tertiary/aromatic N) is 2. The van der Waals surface area contributed by atoms with Crippen LogP contribution >= 0.6 is 11.8 Å². The minimum absolute atomic E-state index is 0.0742. The van der Waals surface area contributed by atoms with Crippen LogP contribution in [0.15, 0.2) is 65.8 Å². The maximum absolute atomic E-state index is 12.3. The van der Waals surface area contributed by atoms with Crippen molar-refractivity contribution in [1.29, 1.82) is 0 Å². The zero-order chi connectivity index (χ0) is 19.5. The molecule has 0 aliphatic carbocycles. The van der Waals surface area contributed by atoms with Gasteiger partial charge in [0.2, 0.25) is 5.91 Å². The van der Waals surface area contributed by atoms with Crippen LogP contribution in [0.1, 0.15) is 22.0 Å². The number of benzene rings is 2. The Hall–Kier alpha value is -3.26. The van der Waals surface area contributed by atoms with Crippen molar-refractivity contribution < 1.29 is 14.3 Å². The van der Waals surface area contributed by atoms with E-state index in [4.69, 9.17) is 0 Å². The fourth-order valence-corrected chi connectivity index (χ4v) is 3.83. The van der Waals surface area contributed by atoms with Crippen LogP contribution < -0.4 is 10.7 Å². The second-order valence-corrected chi connectivity index (χ2v) is 7.10. The number of hydrazine groups is 1. The Morgan fingerprint density at radius 1 is 1.21 bits per heavy atom. The number of para-hydroxylation sites is 1. The first kappa shape index (κ1) is 18.1. The minimum atomic E-state index is -0.412. The highest BCUT2D eigenvalue weighted by Gasteiger charge is 2.31. The number of aliphatic imine (C=N–C) groups is 1. The van der Waals surface area contributed by atoms with Crippen molar-refractivity contribution >= 4 is 40.2 Å². The Bertz CT molecular complexity index is 972. The third-order valence-electron chi connectivity index (χ3n) is 4.37. The number of methoxy groups -OCH3 is 1. The Kier molecular flexibility index (Phi) is 5.03. The zero-order valence-electron chi connectivity index (χ0n) is 15.1. The molecule has 0 fully saturated rings. The van der Waals surface area contributed by atoms with E-state index in [1.54, 1.807) is 24.3 Å². The van der Waals surface area contributed by atoms with Crippen molar-refractivity contribution in [3.63, 3.8) is 0 Å². The predicted molar refractivity (Wildman–Crippen MR) is 109 cm³/mol. The molecule has 2 aliphatic rings. The summed E-state index contributed by atoms with van der Waals surface area (Å²) in [5, 5.41) is 5.51. The molecule has 1 amide bonds. The number of carbonyl (C=O) groups is 2. The van der Waals surface area contributed by atoms with Crippen LogP contribution in [0.3, 0.4) is 0 Å². The topological polar surface area (TPSA) is 83.0 Å². The lowest BCUT2D eigenvalue weighted by Crippen LogP contribution is -2.39. The standard InChI is InChI=1S/C20H18N4O3S/c1-27-19(26)13-6-8-14(9-7-13)22-18(25)12-28-20-23-16-5-3-2-4-15(16)17-10-11-21-24(17)20/h2-11,17,21H,12H2,1H3,(H,22,25)/t17-/m0/s1. The van der Waals surface area contributed by atoms with Gasteiger partial charge in [-0.1, -0.05) is 30.0 Å². The molecular formula is C20H18N4O3S. The molecule has 0 saturated heterocycles. The summed E-state index contributed by atoms with van der Waals surface area (Å²) in [5.41, 5.74) is 6.27. The van der Waals surface area contributed by atoms with Gasteiger partial charge in [0.15, 0.2) is 5.17 Å². The summed E-state index contributed by atoms with van der Waals surface area (Å²) in [4.78, 5) is 28.5. The highest BCUT2D eigenvalue weighted by Crippen LogP contribution is 2.38. The predicted octanol–water partition coefficient (Wildman–Crippen LogP) is 3.22. The van der Waals surface area contributed by atoms with Gasteiger partial charge >= 0.3 is 5.97 Å². The largest absolute Gasteiger partial charge is 0.465 e. The van der Waals surface area contributed by atoms with E-state index in [0.717, 1.165) is 16.4 Å². The van der Waals surface area contributed by atoms with E-state index in [1.165, 1.54) is 18.9 Å². The van der Waals surface area contributed by atoms with Crippen LogP contribution in [-0.4, -0.2) is 34.9 Å². The zero-order valence-corrected chi connectivity index (χ0v) is 15.9. The molecule has 4 rings (SSSR count). The van der Waals surface area contributed by atoms with E-state index in [0.29, 0.717) is 11.3 Å². The number of amides is 1. The summed E-state index contributed by atoms with van der Waals surface area (Å²) in [6.07, 6.45) is 3.95. The Balaban J connectivity index is 1.40. The van der Waals surface area contributed by atoms with Gasteiger partial charge in [-0.15, -0.1) is 0 Å². The highest BCUT2D eigenvalue weighted by atomic mass is 32.2. The van der Waals surface area contributed by atoms with Crippen molar-refractivity contribution in [1.82, 2.24) is 10.4 Å². The maximum atomic E-state index is 12.3. The molecule has 2 heterocycles. The van der Waals surface area contributed by atoms with Crippen molar-refractivity contribution in [3.8, 4) is 0 Å². The Morgan fingerprint density at radius 2 is 2.00 bits per heavy atom. The van der Waals surface area contributed by atoms with Crippen molar-refractivity contribution in [2.45, 2.75) is 6.04 Å². The molecule has 0 spiro atoms. The quantitative estimate of drug-likeness (QED) is 0.775. The van der Waals surface area contributed by atoms with Gasteiger partial charge in [0.25, 0.3) is 0 Å². The summed E-state index contributed by atoms with van der Waals surface area (Å²) < 4.78 is 4.66. The number of ether oxygens (including phenoxy) is 1. The SMILES string of the molecule is COC(=O)c1ccc(NC(=O)CSC2=Nc3ccccc3[C@@H]3C=CNN23)cc1. The highest BCUT2D eigenvalue weighted by molar-refractivity contribution is 8.14. The number of carbonyl (C=O) groups excluding carboxylic acids is 2. The minimum Gasteiger partial charge on any atom is -0.465 e. The Labute approximate surface area is 166 Å².